The molecule has 0 spiro atoms. The lowest BCUT2D eigenvalue weighted by molar-refractivity contribution is 1.20. The Morgan fingerprint density at radius 3 is 1.88 bits per heavy atom. The summed E-state index contributed by atoms with van der Waals surface area (Å²) in [6, 6.07) is 79.9. The highest BCUT2D eigenvalue weighted by Gasteiger charge is 2.20. The van der Waals surface area contributed by atoms with Crippen molar-refractivity contribution in [1.29, 1.82) is 0 Å². The van der Waals surface area contributed by atoms with Gasteiger partial charge in [-0.1, -0.05) is 146 Å². The first-order valence-corrected chi connectivity index (χ1v) is 21.0. The monoisotopic (exact) mass is 768 g/mol. The third kappa shape index (κ3) is 5.47. The third-order valence-corrected chi connectivity index (χ3v) is 13.1. The summed E-state index contributed by atoms with van der Waals surface area (Å²) < 4.78 is 5.10. The lowest BCUT2D eigenvalue weighted by atomic mass is 9.97. The van der Waals surface area contributed by atoms with Crippen molar-refractivity contribution in [1.82, 2.24) is 4.57 Å². The summed E-state index contributed by atoms with van der Waals surface area (Å²) in [5.74, 6) is 0. The van der Waals surface area contributed by atoms with Crippen molar-refractivity contribution < 1.29 is 0 Å². The maximum absolute atomic E-state index is 2.48. The first kappa shape index (κ1) is 33.7. The van der Waals surface area contributed by atoms with Crippen molar-refractivity contribution in [3.05, 3.63) is 218 Å². The van der Waals surface area contributed by atoms with Crippen molar-refractivity contribution in [2.45, 2.75) is 0 Å². The molecule has 0 atom stereocenters. The van der Waals surface area contributed by atoms with Crippen LogP contribution < -0.4 is 4.90 Å². The molecule has 0 unspecified atom stereocenters. The SMILES string of the molecule is c1ccc(N(c2ccc(-c3ccc4c(ccc5ccccc54)c3)cc2)c2cccc(-c3cccc4c3c3ccccc3n4-c3cccc4sc5ccccc5c34)c2)cc1. The van der Waals surface area contributed by atoms with E-state index in [0.717, 1.165) is 17.1 Å². The second-order valence-electron chi connectivity index (χ2n) is 15.3. The number of anilines is 3. The van der Waals surface area contributed by atoms with Gasteiger partial charge in [0.15, 0.2) is 0 Å². The number of nitrogens with zero attached hydrogens (tertiary/aromatic N) is 2. The van der Waals surface area contributed by atoms with Gasteiger partial charge in [0.05, 0.1) is 16.7 Å². The van der Waals surface area contributed by atoms with Crippen molar-refractivity contribution in [3.8, 4) is 27.9 Å². The fourth-order valence-corrected chi connectivity index (χ4v) is 10.4. The molecule has 3 heteroatoms. The molecule has 12 rings (SSSR count). The second kappa shape index (κ2) is 13.6. The molecule has 2 nitrogen and oxygen atoms in total. The highest BCUT2D eigenvalue weighted by molar-refractivity contribution is 7.25. The Labute approximate surface area is 346 Å². The molecule has 0 fully saturated rings. The molecule has 0 N–H and O–H groups in total. The molecule has 276 valence electrons. The average molecular weight is 769 g/mol. The number of rotatable bonds is 6. The van der Waals surface area contributed by atoms with Crippen LogP contribution in [0.3, 0.4) is 0 Å². The molecule has 2 aromatic heterocycles. The zero-order valence-electron chi connectivity index (χ0n) is 32.1. The average Bonchev–Trinajstić information content (AvgIpc) is 3.86. The van der Waals surface area contributed by atoms with Crippen LogP contribution in [0.1, 0.15) is 0 Å². The van der Waals surface area contributed by atoms with Gasteiger partial charge in [0.25, 0.3) is 0 Å². The molecule has 0 aliphatic heterocycles. The predicted octanol–water partition coefficient (Wildman–Crippen LogP) is 16.3. The van der Waals surface area contributed by atoms with Gasteiger partial charge in [-0.2, -0.15) is 0 Å². The van der Waals surface area contributed by atoms with Crippen LogP contribution in [-0.4, -0.2) is 4.57 Å². The quantitative estimate of drug-likeness (QED) is 0.153. The summed E-state index contributed by atoms with van der Waals surface area (Å²) in [6.45, 7) is 0. The largest absolute Gasteiger partial charge is 0.310 e. The fourth-order valence-electron chi connectivity index (χ4n) is 9.29. The summed E-state index contributed by atoms with van der Waals surface area (Å²) >= 11 is 1.87. The van der Waals surface area contributed by atoms with E-state index in [1.165, 1.54) is 91.5 Å². The molecule has 0 bridgehead atoms. The maximum Gasteiger partial charge on any atom is 0.0555 e. The minimum atomic E-state index is 1.11. The van der Waals surface area contributed by atoms with Crippen LogP contribution in [0.4, 0.5) is 17.1 Å². The van der Waals surface area contributed by atoms with Crippen LogP contribution in [0.15, 0.2) is 218 Å². The van der Waals surface area contributed by atoms with Crippen LogP contribution in [0, 0.1) is 0 Å². The zero-order valence-corrected chi connectivity index (χ0v) is 32.9. The van der Waals surface area contributed by atoms with E-state index >= 15 is 0 Å². The smallest absolute Gasteiger partial charge is 0.0555 e. The van der Waals surface area contributed by atoms with Gasteiger partial charge >= 0.3 is 0 Å². The number of para-hydroxylation sites is 2. The molecule has 0 saturated heterocycles. The van der Waals surface area contributed by atoms with E-state index in [0.29, 0.717) is 0 Å². The number of aromatic nitrogens is 1. The molecule has 59 heavy (non-hydrogen) atoms. The Hall–Kier alpha value is -7.46. The molecule has 10 aromatic carbocycles. The van der Waals surface area contributed by atoms with E-state index in [9.17, 15) is 0 Å². The molecular weight excluding hydrogens is 733 g/mol. The number of benzene rings is 10. The van der Waals surface area contributed by atoms with E-state index in [1.54, 1.807) is 0 Å². The minimum Gasteiger partial charge on any atom is -0.310 e. The van der Waals surface area contributed by atoms with Crippen molar-refractivity contribution in [2.75, 3.05) is 4.90 Å². The second-order valence-corrected chi connectivity index (χ2v) is 16.4. The number of thiophene rings is 1. The summed E-state index contributed by atoms with van der Waals surface area (Å²) in [5.41, 5.74) is 11.8. The van der Waals surface area contributed by atoms with Gasteiger partial charge in [-0.3, -0.25) is 0 Å². The Morgan fingerprint density at radius 2 is 0.983 bits per heavy atom. The number of hydrogen-bond acceptors (Lipinski definition) is 2. The first-order chi connectivity index (χ1) is 29.3. The van der Waals surface area contributed by atoms with Gasteiger partial charge in [0.1, 0.15) is 0 Å². The predicted molar refractivity (Wildman–Crippen MR) is 254 cm³/mol. The summed E-state index contributed by atoms with van der Waals surface area (Å²) in [5, 5.41) is 10.2. The normalized spacial score (nSPS) is 11.7. The van der Waals surface area contributed by atoms with Crippen LogP contribution in [0.2, 0.25) is 0 Å². The van der Waals surface area contributed by atoms with Crippen LogP contribution in [0.25, 0.3) is 91.5 Å². The van der Waals surface area contributed by atoms with Crippen molar-refractivity contribution >= 4 is 91.9 Å². The molecule has 0 amide bonds. The Balaban J connectivity index is 0.981. The topological polar surface area (TPSA) is 8.17 Å². The van der Waals surface area contributed by atoms with Crippen LogP contribution >= 0.6 is 11.3 Å². The van der Waals surface area contributed by atoms with E-state index in [4.69, 9.17) is 0 Å². The zero-order chi connectivity index (χ0) is 38.9. The summed E-state index contributed by atoms with van der Waals surface area (Å²) in [7, 11) is 0. The number of fused-ring (bicyclic) bond motifs is 9. The molecule has 2 heterocycles. The Morgan fingerprint density at radius 1 is 0.339 bits per heavy atom. The van der Waals surface area contributed by atoms with Gasteiger partial charge in [-0.25, -0.2) is 0 Å². The summed E-state index contributed by atoms with van der Waals surface area (Å²) in [6.07, 6.45) is 0. The van der Waals surface area contributed by atoms with E-state index < -0.39 is 0 Å². The summed E-state index contributed by atoms with van der Waals surface area (Å²) in [4.78, 5) is 2.37. The van der Waals surface area contributed by atoms with Crippen molar-refractivity contribution in [3.63, 3.8) is 0 Å². The van der Waals surface area contributed by atoms with Crippen molar-refractivity contribution in [2.24, 2.45) is 0 Å². The van der Waals surface area contributed by atoms with Gasteiger partial charge in [-0.15, -0.1) is 11.3 Å². The van der Waals surface area contributed by atoms with Gasteiger partial charge in [0.2, 0.25) is 0 Å². The van der Waals surface area contributed by atoms with E-state index in [-0.39, 0.29) is 0 Å². The highest BCUT2D eigenvalue weighted by Crippen LogP contribution is 2.44. The first-order valence-electron chi connectivity index (χ1n) is 20.2. The Kier molecular flexibility index (Phi) is 7.75. The van der Waals surface area contributed by atoms with Crippen LogP contribution in [0.5, 0.6) is 0 Å². The molecule has 12 aromatic rings. The highest BCUT2D eigenvalue weighted by atomic mass is 32.1. The lowest BCUT2D eigenvalue weighted by Gasteiger charge is -2.26. The van der Waals surface area contributed by atoms with E-state index in [1.807, 2.05) is 11.3 Å². The minimum absolute atomic E-state index is 1.11. The lowest BCUT2D eigenvalue weighted by Crippen LogP contribution is -2.09. The molecule has 0 radical (unpaired) electrons. The fraction of sp³-hybridized carbons (Fsp3) is 0. The van der Waals surface area contributed by atoms with Gasteiger partial charge in [-0.05, 0) is 117 Å². The van der Waals surface area contributed by atoms with E-state index in [2.05, 4.69) is 228 Å². The third-order valence-electron chi connectivity index (χ3n) is 12.0. The molecular formula is C56H36N2S. The number of hydrogen-bond donors (Lipinski definition) is 0. The standard InChI is InChI=1S/C56H36N2S/c1-2-15-42(16-3-1)57(43-32-29-37(30-33-43)39-31-34-46-41(35-39)28-27-38-13-4-5-18-45(38)46)44-17-10-14-40(36-44)47-21-11-23-51-55(47)48-19-6-8-22-50(48)58(51)52-24-12-26-54-56(52)49-20-7-9-25-53(49)59-54/h1-36H. The maximum atomic E-state index is 2.48. The van der Waals surface area contributed by atoms with Gasteiger partial charge < -0.3 is 9.47 Å². The Bertz CT molecular complexity index is 3560. The molecule has 0 aliphatic carbocycles. The molecule has 0 saturated carbocycles. The van der Waals surface area contributed by atoms with Crippen LogP contribution in [-0.2, 0) is 0 Å². The van der Waals surface area contributed by atoms with Gasteiger partial charge in [0, 0.05) is 48.0 Å². The molecule has 0 aliphatic rings.